The van der Waals surface area contributed by atoms with Crippen LogP contribution in [0.4, 0.5) is 0 Å². The fourth-order valence-corrected chi connectivity index (χ4v) is 2.14. The van der Waals surface area contributed by atoms with Gasteiger partial charge in [-0.2, -0.15) is 0 Å². The highest BCUT2D eigenvalue weighted by Crippen LogP contribution is 2.22. The molecule has 0 saturated carbocycles. The molecule has 0 amide bonds. The molecule has 0 aliphatic rings. The summed E-state index contributed by atoms with van der Waals surface area (Å²) in [6.07, 6.45) is 0.935. The van der Waals surface area contributed by atoms with Gasteiger partial charge in [0.1, 0.15) is 0 Å². The van der Waals surface area contributed by atoms with Gasteiger partial charge in [-0.25, -0.2) is 0 Å². The summed E-state index contributed by atoms with van der Waals surface area (Å²) in [7, 11) is 0. The van der Waals surface area contributed by atoms with Gasteiger partial charge in [0.2, 0.25) is 0 Å². The largest absolute Gasteiger partial charge is 0.477 e. The summed E-state index contributed by atoms with van der Waals surface area (Å²) in [6, 6.07) is 0. The second kappa shape index (κ2) is 6.98. The molecule has 0 aromatic rings. The van der Waals surface area contributed by atoms with Crippen molar-refractivity contribution in [2.45, 2.75) is 66.7 Å². The highest BCUT2D eigenvalue weighted by molar-refractivity contribution is 5.07. The van der Waals surface area contributed by atoms with Gasteiger partial charge in [0, 0.05) is 5.54 Å². The molecule has 1 unspecified atom stereocenters. The minimum Gasteiger partial charge on any atom is -0.477 e. The van der Waals surface area contributed by atoms with E-state index in [2.05, 4.69) is 60.0 Å². The van der Waals surface area contributed by atoms with Crippen molar-refractivity contribution in [1.29, 1.82) is 0 Å². The van der Waals surface area contributed by atoms with Gasteiger partial charge in [-0.3, -0.25) is 5.32 Å². The fourth-order valence-electron chi connectivity index (χ4n) is 2.14. The van der Waals surface area contributed by atoms with Gasteiger partial charge in [0.15, 0.2) is 6.23 Å². The molecular formula is C16H31NO. The number of rotatable bonds is 8. The van der Waals surface area contributed by atoms with Gasteiger partial charge in [0.05, 0.1) is 5.76 Å². The molecule has 0 heterocycles. The lowest BCUT2D eigenvalue weighted by atomic mass is 9.91. The molecule has 0 aliphatic heterocycles. The van der Waals surface area contributed by atoms with Crippen LogP contribution in [-0.4, -0.2) is 11.8 Å². The molecule has 0 radical (unpaired) electrons. The molecule has 2 heteroatoms. The summed E-state index contributed by atoms with van der Waals surface area (Å²) in [5.74, 6) is 1.75. The van der Waals surface area contributed by atoms with E-state index in [1.165, 1.54) is 0 Å². The van der Waals surface area contributed by atoms with E-state index in [0.717, 1.165) is 17.8 Å². The lowest BCUT2D eigenvalue weighted by molar-refractivity contribution is 0.0774. The van der Waals surface area contributed by atoms with Crippen LogP contribution in [0.25, 0.3) is 0 Å². The zero-order chi connectivity index (χ0) is 14.5. The van der Waals surface area contributed by atoms with Crippen LogP contribution < -0.4 is 5.32 Å². The second-order valence-electron chi connectivity index (χ2n) is 6.56. The lowest BCUT2D eigenvalue weighted by Gasteiger charge is -2.35. The first-order chi connectivity index (χ1) is 8.05. The minimum absolute atomic E-state index is 0.0200. The summed E-state index contributed by atoms with van der Waals surface area (Å²) in [5.41, 5.74) is 1.08. The monoisotopic (exact) mass is 253 g/mol. The Morgan fingerprint density at radius 2 is 1.67 bits per heavy atom. The maximum absolute atomic E-state index is 5.79. The zero-order valence-electron chi connectivity index (χ0n) is 13.3. The van der Waals surface area contributed by atoms with E-state index in [1.54, 1.807) is 0 Å². The van der Waals surface area contributed by atoms with Crippen molar-refractivity contribution in [2.24, 2.45) is 11.8 Å². The summed E-state index contributed by atoms with van der Waals surface area (Å²) in [5, 5.41) is 3.55. The highest BCUT2D eigenvalue weighted by Gasteiger charge is 2.26. The summed E-state index contributed by atoms with van der Waals surface area (Å²) in [6.45, 7) is 23.0. The Kier molecular flexibility index (Phi) is 6.69. The normalized spacial score (nSPS) is 13.8. The predicted molar refractivity (Wildman–Crippen MR) is 80.3 cm³/mol. The smallest absolute Gasteiger partial charge is 0.172 e. The molecule has 1 atom stereocenters. The van der Waals surface area contributed by atoms with Crippen molar-refractivity contribution >= 4 is 0 Å². The minimum atomic E-state index is -0.156. The van der Waals surface area contributed by atoms with Crippen LogP contribution in [0.1, 0.15) is 54.9 Å². The highest BCUT2D eigenvalue weighted by atomic mass is 16.5. The van der Waals surface area contributed by atoms with Crippen LogP contribution in [0.3, 0.4) is 0 Å². The molecule has 18 heavy (non-hydrogen) atoms. The fraction of sp³-hybridized carbons (Fsp3) is 0.750. The lowest BCUT2D eigenvalue weighted by Crippen LogP contribution is -2.49. The Morgan fingerprint density at radius 1 is 1.17 bits per heavy atom. The van der Waals surface area contributed by atoms with Crippen LogP contribution in [-0.2, 0) is 4.74 Å². The second-order valence-corrected chi connectivity index (χ2v) is 6.56. The zero-order valence-corrected chi connectivity index (χ0v) is 13.3. The molecule has 0 spiro atoms. The molecule has 0 rings (SSSR count). The molecule has 0 bridgehead atoms. The molecule has 2 nitrogen and oxygen atoms in total. The Hall–Kier alpha value is -0.760. The number of ether oxygens (including phenoxy) is 1. The van der Waals surface area contributed by atoms with Crippen LogP contribution in [0, 0.1) is 11.8 Å². The number of allylic oxidation sites excluding steroid dienone is 1. The van der Waals surface area contributed by atoms with Crippen molar-refractivity contribution in [3.05, 3.63) is 24.5 Å². The topological polar surface area (TPSA) is 21.3 Å². The molecule has 0 aromatic carbocycles. The van der Waals surface area contributed by atoms with Crippen LogP contribution >= 0.6 is 0 Å². The third kappa shape index (κ3) is 6.85. The quantitative estimate of drug-likeness (QED) is 0.391. The van der Waals surface area contributed by atoms with Gasteiger partial charge >= 0.3 is 0 Å². The predicted octanol–water partition coefficient (Wildman–Crippen LogP) is 4.49. The standard InChI is InChI=1S/C16H31NO/c1-11(2)10-16(8,9)17-15(18-13(5)6)14(7)12(3)4/h11-12,15,17H,5,7,10H2,1-4,6,8-9H3. The number of nitrogens with one attached hydrogen (secondary N) is 1. The van der Waals surface area contributed by atoms with E-state index >= 15 is 0 Å². The summed E-state index contributed by atoms with van der Waals surface area (Å²) >= 11 is 0. The van der Waals surface area contributed by atoms with Crippen molar-refractivity contribution in [1.82, 2.24) is 5.32 Å². The Bertz CT molecular complexity index is 289. The van der Waals surface area contributed by atoms with E-state index in [-0.39, 0.29) is 11.8 Å². The molecule has 0 aliphatic carbocycles. The van der Waals surface area contributed by atoms with Crippen LogP contribution in [0.15, 0.2) is 24.5 Å². The van der Waals surface area contributed by atoms with Crippen molar-refractivity contribution in [3.8, 4) is 0 Å². The van der Waals surface area contributed by atoms with E-state index in [4.69, 9.17) is 4.74 Å². The molecule has 106 valence electrons. The summed E-state index contributed by atoms with van der Waals surface area (Å²) in [4.78, 5) is 0. The molecule has 0 fully saturated rings. The number of hydrogen-bond donors (Lipinski definition) is 1. The Labute approximate surface area is 113 Å². The SMILES string of the molecule is C=C(C)OC(NC(C)(C)CC(C)C)C(=C)C(C)C. The maximum atomic E-state index is 5.79. The van der Waals surface area contributed by atoms with Gasteiger partial charge in [-0.1, -0.05) is 40.9 Å². The van der Waals surface area contributed by atoms with E-state index in [9.17, 15) is 0 Å². The molecule has 0 saturated heterocycles. The van der Waals surface area contributed by atoms with E-state index in [1.807, 2.05) is 6.92 Å². The van der Waals surface area contributed by atoms with Gasteiger partial charge in [-0.05, 0) is 44.6 Å². The van der Waals surface area contributed by atoms with E-state index in [0.29, 0.717) is 11.8 Å². The van der Waals surface area contributed by atoms with Crippen molar-refractivity contribution in [3.63, 3.8) is 0 Å². The molecule has 1 N–H and O–H groups in total. The first-order valence-corrected chi connectivity index (χ1v) is 6.83. The van der Waals surface area contributed by atoms with Crippen molar-refractivity contribution in [2.75, 3.05) is 0 Å². The third-order valence-electron chi connectivity index (χ3n) is 2.84. The van der Waals surface area contributed by atoms with Gasteiger partial charge in [0.25, 0.3) is 0 Å². The molecular weight excluding hydrogens is 222 g/mol. The Morgan fingerprint density at radius 3 is 2.00 bits per heavy atom. The van der Waals surface area contributed by atoms with Gasteiger partial charge in [-0.15, -0.1) is 0 Å². The first kappa shape index (κ1) is 17.2. The van der Waals surface area contributed by atoms with E-state index < -0.39 is 0 Å². The average molecular weight is 253 g/mol. The first-order valence-electron chi connectivity index (χ1n) is 6.83. The third-order valence-corrected chi connectivity index (χ3v) is 2.84. The Balaban J connectivity index is 4.77. The maximum Gasteiger partial charge on any atom is 0.172 e. The summed E-state index contributed by atoms with van der Waals surface area (Å²) < 4.78 is 5.79. The molecule has 0 aromatic heterocycles. The van der Waals surface area contributed by atoms with Crippen LogP contribution in [0.5, 0.6) is 0 Å². The van der Waals surface area contributed by atoms with Gasteiger partial charge < -0.3 is 4.74 Å². The number of hydrogen-bond acceptors (Lipinski definition) is 2. The average Bonchev–Trinajstić information content (AvgIpc) is 2.11. The van der Waals surface area contributed by atoms with Crippen LogP contribution in [0.2, 0.25) is 0 Å². The van der Waals surface area contributed by atoms with Crippen molar-refractivity contribution < 1.29 is 4.74 Å².